The zero-order valence-electron chi connectivity index (χ0n) is 15.7. The van der Waals surface area contributed by atoms with Crippen molar-refractivity contribution >= 4 is 21.0 Å². The van der Waals surface area contributed by atoms with Crippen molar-refractivity contribution in [1.29, 1.82) is 0 Å². The Morgan fingerprint density at radius 2 is 1.66 bits per heavy atom. The second-order valence-electron chi connectivity index (χ2n) is 6.44. The number of fused-ring (bicyclic) bond motifs is 1. The van der Waals surface area contributed by atoms with Gasteiger partial charge in [-0.15, -0.1) is 0 Å². The van der Waals surface area contributed by atoms with Crippen molar-refractivity contribution in [1.82, 2.24) is 15.2 Å². The van der Waals surface area contributed by atoms with Crippen molar-refractivity contribution in [3.63, 3.8) is 0 Å². The van der Waals surface area contributed by atoms with E-state index in [9.17, 15) is 8.42 Å². The van der Waals surface area contributed by atoms with Gasteiger partial charge in [-0.25, -0.2) is 4.98 Å². The highest BCUT2D eigenvalue weighted by Gasteiger charge is 2.20. The maximum absolute atomic E-state index is 12.5. The number of nitrogens with one attached hydrogen (secondary N) is 1. The molecule has 2 aromatic carbocycles. The molecule has 0 amide bonds. The molecule has 0 aliphatic carbocycles. The molecule has 0 aliphatic rings. The van der Waals surface area contributed by atoms with Crippen LogP contribution < -0.4 is 4.74 Å². The van der Waals surface area contributed by atoms with Gasteiger partial charge in [0.2, 0.25) is 5.88 Å². The van der Waals surface area contributed by atoms with Gasteiger partial charge in [0.15, 0.2) is 0 Å². The lowest BCUT2D eigenvalue weighted by molar-refractivity contribution is 0.268. The van der Waals surface area contributed by atoms with E-state index in [1.165, 1.54) is 12.1 Å². The fourth-order valence-electron chi connectivity index (χ4n) is 2.96. The predicted molar refractivity (Wildman–Crippen MR) is 108 cm³/mol. The first-order valence-corrected chi connectivity index (χ1v) is 10.4. The number of H-pyrrole nitrogens is 1. The average Bonchev–Trinajstić information content (AvgIpc) is 3.24. The Labute approximate surface area is 168 Å². The summed E-state index contributed by atoms with van der Waals surface area (Å²) in [6.45, 7) is 1.92. The average molecular weight is 409 g/mol. The molecule has 2 heterocycles. The van der Waals surface area contributed by atoms with Crippen LogP contribution in [0, 0.1) is 6.92 Å². The van der Waals surface area contributed by atoms with E-state index in [1.54, 1.807) is 24.4 Å². The molecule has 4 aromatic rings. The second-order valence-corrected chi connectivity index (χ2v) is 8.06. The van der Waals surface area contributed by atoms with Gasteiger partial charge in [-0.1, -0.05) is 48.5 Å². The van der Waals surface area contributed by atoms with E-state index in [-0.39, 0.29) is 11.5 Å². The van der Waals surface area contributed by atoms with Crippen LogP contribution in [0.25, 0.3) is 10.9 Å². The molecule has 0 radical (unpaired) electrons. The maximum atomic E-state index is 12.5. The highest BCUT2D eigenvalue weighted by Crippen LogP contribution is 2.29. The van der Waals surface area contributed by atoms with Crippen LogP contribution >= 0.6 is 0 Å². The van der Waals surface area contributed by atoms with Gasteiger partial charge in [0, 0.05) is 5.39 Å². The van der Waals surface area contributed by atoms with E-state index in [1.807, 2.05) is 37.3 Å². The Morgan fingerprint density at radius 1 is 0.966 bits per heavy atom. The molecular formula is C21H19N3O4S. The minimum atomic E-state index is -3.92. The smallest absolute Gasteiger partial charge is 0.297 e. The van der Waals surface area contributed by atoms with Crippen LogP contribution in [0.15, 0.2) is 71.8 Å². The van der Waals surface area contributed by atoms with Crippen LogP contribution in [-0.2, 0) is 27.5 Å². The third-order valence-electron chi connectivity index (χ3n) is 4.46. The molecule has 2 aromatic heterocycles. The van der Waals surface area contributed by atoms with Crippen molar-refractivity contribution in [3.05, 3.63) is 83.7 Å². The summed E-state index contributed by atoms with van der Waals surface area (Å²) in [6.07, 6.45) is 1.62. The summed E-state index contributed by atoms with van der Waals surface area (Å²) >= 11 is 0. The van der Waals surface area contributed by atoms with Crippen LogP contribution in [0.4, 0.5) is 0 Å². The molecule has 0 bridgehead atoms. The second kappa shape index (κ2) is 8.02. The summed E-state index contributed by atoms with van der Waals surface area (Å²) in [6, 6.07) is 17.7. The van der Waals surface area contributed by atoms with Crippen LogP contribution in [-0.4, -0.2) is 23.6 Å². The Bertz CT molecular complexity index is 1220. The van der Waals surface area contributed by atoms with E-state index >= 15 is 0 Å². The molecule has 0 unspecified atom stereocenters. The third kappa shape index (κ3) is 4.13. The number of rotatable bonds is 7. The zero-order valence-corrected chi connectivity index (χ0v) is 16.5. The van der Waals surface area contributed by atoms with Crippen molar-refractivity contribution in [3.8, 4) is 5.88 Å². The standard InChI is InChI=1S/C21H19N3O4S/c1-15-20-18(12-22-24-20)19(14-28-29(25,26)17-10-6-3-7-11-17)21(23-15)27-13-16-8-4-2-5-9-16/h2-12H,13-14H2,1H3,(H,22,24). The third-order valence-corrected chi connectivity index (χ3v) is 5.74. The number of ether oxygens (including phenoxy) is 1. The first-order valence-electron chi connectivity index (χ1n) is 8.98. The van der Waals surface area contributed by atoms with Crippen LogP contribution in [0.2, 0.25) is 0 Å². The molecule has 0 atom stereocenters. The quantitative estimate of drug-likeness (QED) is 0.467. The fourth-order valence-corrected chi connectivity index (χ4v) is 3.86. The van der Waals surface area contributed by atoms with Gasteiger partial charge in [0.05, 0.1) is 34.5 Å². The number of pyridine rings is 1. The first kappa shape index (κ1) is 19.1. The lowest BCUT2D eigenvalue weighted by atomic mass is 10.1. The van der Waals surface area contributed by atoms with E-state index < -0.39 is 10.1 Å². The molecule has 0 fully saturated rings. The normalized spacial score (nSPS) is 11.6. The maximum Gasteiger partial charge on any atom is 0.297 e. The van der Waals surface area contributed by atoms with Crippen LogP contribution in [0.5, 0.6) is 5.88 Å². The minimum Gasteiger partial charge on any atom is -0.473 e. The van der Waals surface area contributed by atoms with Gasteiger partial charge in [0.25, 0.3) is 10.1 Å². The fraction of sp³-hybridized carbons (Fsp3) is 0.143. The van der Waals surface area contributed by atoms with Gasteiger partial charge < -0.3 is 4.74 Å². The van der Waals surface area contributed by atoms with Gasteiger partial charge in [0.1, 0.15) is 6.61 Å². The lowest BCUT2D eigenvalue weighted by Crippen LogP contribution is -2.09. The Morgan fingerprint density at radius 3 is 2.38 bits per heavy atom. The van der Waals surface area contributed by atoms with Gasteiger partial charge in [-0.05, 0) is 24.6 Å². The van der Waals surface area contributed by atoms with Crippen molar-refractivity contribution in [2.45, 2.75) is 25.0 Å². The van der Waals surface area contributed by atoms with Gasteiger partial charge >= 0.3 is 0 Å². The number of nitrogens with zero attached hydrogens (tertiary/aromatic N) is 2. The molecule has 0 spiro atoms. The lowest BCUT2D eigenvalue weighted by Gasteiger charge is -2.13. The summed E-state index contributed by atoms with van der Waals surface area (Å²) in [7, 11) is -3.92. The Balaban J connectivity index is 1.65. The van der Waals surface area contributed by atoms with E-state index in [2.05, 4.69) is 15.2 Å². The monoisotopic (exact) mass is 409 g/mol. The molecule has 0 aliphatic heterocycles. The van der Waals surface area contributed by atoms with Gasteiger partial charge in [-0.2, -0.15) is 13.5 Å². The van der Waals surface area contributed by atoms with Gasteiger partial charge in [-0.3, -0.25) is 9.28 Å². The largest absolute Gasteiger partial charge is 0.473 e. The number of aromatic nitrogens is 3. The van der Waals surface area contributed by atoms with Crippen molar-refractivity contribution in [2.24, 2.45) is 0 Å². The molecule has 29 heavy (non-hydrogen) atoms. The topological polar surface area (TPSA) is 94.2 Å². The number of hydrogen-bond acceptors (Lipinski definition) is 6. The highest BCUT2D eigenvalue weighted by molar-refractivity contribution is 7.86. The molecule has 0 saturated carbocycles. The summed E-state index contributed by atoms with van der Waals surface area (Å²) in [5.41, 5.74) is 2.92. The first-order chi connectivity index (χ1) is 14.0. The van der Waals surface area contributed by atoms with Crippen molar-refractivity contribution in [2.75, 3.05) is 0 Å². The molecule has 7 nitrogen and oxygen atoms in total. The molecule has 148 valence electrons. The number of hydrogen-bond donors (Lipinski definition) is 1. The van der Waals surface area contributed by atoms with Crippen molar-refractivity contribution < 1.29 is 17.3 Å². The van der Waals surface area contributed by atoms with E-state index in [4.69, 9.17) is 8.92 Å². The Kier molecular flexibility index (Phi) is 5.28. The number of aromatic amines is 1. The van der Waals surface area contributed by atoms with Crippen LogP contribution in [0.1, 0.15) is 16.8 Å². The molecular weight excluding hydrogens is 390 g/mol. The predicted octanol–water partition coefficient (Wildman–Crippen LogP) is 3.75. The SMILES string of the molecule is Cc1nc(OCc2ccccc2)c(COS(=O)(=O)c2ccccc2)c2cn[nH]c12. The Hall–Kier alpha value is -3.23. The number of benzene rings is 2. The summed E-state index contributed by atoms with van der Waals surface area (Å²) < 4.78 is 36.3. The zero-order chi connectivity index (χ0) is 20.3. The van der Waals surface area contributed by atoms with E-state index in [0.717, 1.165) is 5.56 Å². The van der Waals surface area contributed by atoms with Crippen LogP contribution in [0.3, 0.4) is 0 Å². The summed E-state index contributed by atoms with van der Waals surface area (Å²) in [5, 5.41) is 7.66. The highest BCUT2D eigenvalue weighted by atomic mass is 32.2. The van der Waals surface area contributed by atoms with E-state index in [0.29, 0.717) is 34.6 Å². The minimum absolute atomic E-state index is 0.0928. The number of aryl methyl sites for hydroxylation is 1. The molecule has 8 heteroatoms. The summed E-state index contributed by atoms with van der Waals surface area (Å²) in [5.74, 6) is 0.323. The molecule has 1 N–H and O–H groups in total. The summed E-state index contributed by atoms with van der Waals surface area (Å²) in [4.78, 5) is 4.59. The molecule has 4 rings (SSSR count). The molecule has 0 saturated heterocycles.